The maximum Gasteiger partial charge on any atom is 0.322 e. The number of carbonyl (C=O) groups is 1. The Morgan fingerprint density at radius 3 is 2.90 bits per heavy atom. The molecule has 1 aromatic rings. The summed E-state index contributed by atoms with van der Waals surface area (Å²) in [6.45, 7) is 3.28. The molecule has 2 amide bonds. The molecule has 0 aliphatic carbocycles. The van der Waals surface area contributed by atoms with Crippen molar-refractivity contribution < 1.29 is 4.79 Å². The molecule has 1 heterocycles. The van der Waals surface area contributed by atoms with Gasteiger partial charge in [0.05, 0.1) is 6.34 Å². The van der Waals surface area contributed by atoms with Gasteiger partial charge in [-0.15, -0.1) is 12.6 Å². The number of nitrogens with zero attached hydrogens (tertiary/aromatic N) is 2. The van der Waals surface area contributed by atoms with E-state index in [9.17, 15) is 4.79 Å². The Bertz CT molecular complexity index is 508. The van der Waals surface area contributed by atoms with Crippen LogP contribution in [0.3, 0.4) is 0 Å². The Labute approximate surface area is 130 Å². The number of carbonyl (C=O) groups excluding carboxylic acids is 1. The van der Waals surface area contributed by atoms with Gasteiger partial charge in [0.2, 0.25) is 0 Å². The van der Waals surface area contributed by atoms with Crippen molar-refractivity contribution in [1.82, 2.24) is 15.5 Å². The minimum absolute atomic E-state index is 0.115. The molecule has 1 aliphatic rings. The molecule has 1 saturated heterocycles. The second-order valence-electron chi connectivity index (χ2n) is 4.70. The van der Waals surface area contributed by atoms with Crippen LogP contribution in [0.15, 0.2) is 41.5 Å². The summed E-state index contributed by atoms with van der Waals surface area (Å²) < 4.78 is 0. The zero-order chi connectivity index (χ0) is 14.9. The summed E-state index contributed by atoms with van der Waals surface area (Å²) in [7, 11) is 0. The van der Waals surface area contributed by atoms with Gasteiger partial charge in [-0.25, -0.2) is 9.79 Å². The van der Waals surface area contributed by atoms with Crippen molar-refractivity contribution in [3.63, 3.8) is 0 Å². The highest BCUT2D eigenvalue weighted by Crippen LogP contribution is 2.17. The van der Waals surface area contributed by atoms with E-state index in [1.165, 1.54) is 6.34 Å². The Morgan fingerprint density at radius 1 is 1.29 bits per heavy atom. The van der Waals surface area contributed by atoms with Crippen molar-refractivity contribution in [3.05, 3.63) is 42.1 Å². The van der Waals surface area contributed by atoms with Crippen LogP contribution < -0.4 is 10.6 Å². The highest BCUT2D eigenvalue weighted by Gasteiger charge is 2.13. The van der Waals surface area contributed by atoms with Gasteiger partial charge in [0, 0.05) is 30.7 Å². The molecule has 21 heavy (non-hydrogen) atoms. The topological polar surface area (TPSA) is 56.7 Å². The van der Waals surface area contributed by atoms with Gasteiger partial charge in [-0.05, 0) is 18.5 Å². The molecule has 112 valence electrons. The fourth-order valence-electron chi connectivity index (χ4n) is 2.02. The Hall–Kier alpha value is -1.79. The summed E-state index contributed by atoms with van der Waals surface area (Å²) in [6, 6.07) is 9.63. The van der Waals surface area contributed by atoms with Crippen molar-refractivity contribution >= 4 is 29.9 Å². The van der Waals surface area contributed by atoms with Gasteiger partial charge >= 0.3 is 6.03 Å². The summed E-state index contributed by atoms with van der Waals surface area (Å²) in [5.41, 5.74) is 0.989. The first kappa shape index (κ1) is 15.6. The average molecular weight is 304 g/mol. The summed E-state index contributed by atoms with van der Waals surface area (Å²) in [6.07, 6.45) is 3.99. The molecular weight excluding hydrogens is 284 g/mol. The van der Waals surface area contributed by atoms with E-state index in [0.717, 1.165) is 43.1 Å². The molecule has 0 atom stereocenters. The minimum atomic E-state index is -0.115. The van der Waals surface area contributed by atoms with E-state index in [2.05, 4.69) is 28.3 Å². The summed E-state index contributed by atoms with van der Waals surface area (Å²) in [4.78, 5) is 18.5. The van der Waals surface area contributed by atoms with E-state index in [0.29, 0.717) is 0 Å². The molecule has 1 aliphatic heterocycles. The van der Waals surface area contributed by atoms with Gasteiger partial charge in [-0.2, -0.15) is 0 Å². The van der Waals surface area contributed by atoms with E-state index < -0.39 is 0 Å². The van der Waals surface area contributed by atoms with Crippen molar-refractivity contribution in [2.75, 3.05) is 26.2 Å². The van der Waals surface area contributed by atoms with E-state index >= 15 is 0 Å². The molecule has 5 nitrogen and oxygen atoms in total. The molecular formula is C15H20N4OS. The van der Waals surface area contributed by atoms with Crippen LogP contribution in [0.4, 0.5) is 4.79 Å². The number of benzene rings is 1. The Kier molecular flexibility index (Phi) is 6.30. The van der Waals surface area contributed by atoms with Crippen LogP contribution in [0, 0.1) is 0 Å². The van der Waals surface area contributed by atoms with E-state index in [1.807, 2.05) is 30.3 Å². The van der Waals surface area contributed by atoms with E-state index in [4.69, 9.17) is 0 Å². The predicted molar refractivity (Wildman–Crippen MR) is 89.5 cm³/mol. The van der Waals surface area contributed by atoms with Crippen LogP contribution in [0.2, 0.25) is 0 Å². The van der Waals surface area contributed by atoms with Crippen molar-refractivity contribution in [2.24, 2.45) is 4.99 Å². The zero-order valence-electron chi connectivity index (χ0n) is 11.8. The minimum Gasteiger partial charge on any atom is -0.323 e. The molecule has 2 rings (SSSR count). The first-order valence-electron chi connectivity index (χ1n) is 7.00. The third-order valence-electron chi connectivity index (χ3n) is 3.16. The smallest absolute Gasteiger partial charge is 0.322 e. The second kappa shape index (κ2) is 8.49. The zero-order valence-corrected chi connectivity index (χ0v) is 12.7. The first-order chi connectivity index (χ1) is 10.3. The standard InChI is InChI=1S/C15H20N4OS/c20-15(19-9-4-7-16-8-10-19)18-12-17-11-14(21)13-5-2-1-3-6-13/h1-3,5-6,11-12,16,21H,4,7-10H2,(H,17,18,20)/b14-11-. The maximum absolute atomic E-state index is 11.9. The van der Waals surface area contributed by atoms with Crippen LogP contribution in [0.25, 0.3) is 4.91 Å². The van der Waals surface area contributed by atoms with Crippen LogP contribution in [-0.2, 0) is 0 Å². The number of hydrogen-bond acceptors (Lipinski definition) is 4. The predicted octanol–water partition coefficient (Wildman–Crippen LogP) is 1.95. The Morgan fingerprint density at radius 2 is 2.10 bits per heavy atom. The number of amides is 2. The highest BCUT2D eigenvalue weighted by molar-refractivity contribution is 7.90. The number of aliphatic imine (C=N–C) groups is 1. The number of rotatable bonds is 3. The first-order valence-corrected chi connectivity index (χ1v) is 7.44. The quantitative estimate of drug-likeness (QED) is 0.454. The molecule has 1 aromatic carbocycles. The van der Waals surface area contributed by atoms with Gasteiger partial charge in [0.15, 0.2) is 0 Å². The van der Waals surface area contributed by atoms with Gasteiger partial charge in [-0.3, -0.25) is 5.32 Å². The molecule has 0 bridgehead atoms. The molecule has 2 N–H and O–H groups in total. The molecule has 0 spiro atoms. The molecule has 0 saturated carbocycles. The number of urea groups is 1. The average Bonchev–Trinajstić information content (AvgIpc) is 2.81. The second-order valence-corrected chi connectivity index (χ2v) is 5.18. The van der Waals surface area contributed by atoms with Crippen molar-refractivity contribution in [3.8, 4) is 0 Å². The lowest BCUT2D eigenvalue weighted by molar-refractivity contribution is 0.207. The van der Waals surface area contributed by atoms with Crippen molar-refractivity contribution in [1.29, 1.82) is 0 Å². The Balaban J connectivity index is 1.83. The van der Waals surface area contributed by atoms with E-state index in [1.54, 1.807) is 11.1 Å². The molecule has 0 radical (unpaired) electrons. The highest BCUT2D eigenvalue weighted by atomic mass is 32.1. The van der Waals surface area contributed by atoms with Crippen LogP contribution in [0.5, 0.6) is 0 Å². The lowest BCUT2D eigenvalue weighted by Gasteiger charge is -2.18. The number of thiol groups is 1. The fraction of sp³-hybridized carbons (Fsp3) is 0.333. The third kappa shape index (κ3) is 5.24. The van der Waals surface area contributed by atoms with Crippen LogP contribution >= 0.6 is 12.6 Å². The molecule has 1 fully saturated rings. The van der Waals surface area contributed by atoms with Crippen molar-refractivity contribution in [2.45, 2.75) is 6.42 Å². The van der Waals surface area contributed by atoms with Gasteiger partial charge in [0.1, 0.15) is 0 Å². The fourth-order valence-corrected chi connectivity index (χ4v) is 2.24. The monoisotopic (exact) mass is 304 g/mol. The number of nitrogens with one attached hydrogen (secondary N) is 2. The molecule has 0 unspecified atom stereocenters. The largest absolute Gasteiger partial charge is 0.323 e. The number of hydrogen-bond donors (Lipinski definition) is 3. The summed E-state index contributed by atoms with van der Waals surface area (Å²) >= 11 is 4.38. The SMILES string of the molecule is O=C(NC=N/C=C(\S)c1ccccc1)N1CCCNCC1. The normalized spacial score (nSPS) is 16.8. The lowest BCUT2D eigenvalue weighted by Crippen LogP contribution is -2.41. The van der Waals surface area contributed by atoms with Crippen LogP contribution in [-0.4, -0.2) is 43.4 Å². The maximum atomic E-state index is 11.9. The van der Waals surface area contributed by atoms with Gasteiger partial charge in [-0.1, -0.05) is 30.3 Å². The van der Waals surface area contributed by atoms with Gasteiger partial charge in [0.25, 0.3) is 0 Å². The lowest BCUT2D eigenvalue weighted by atomic mass is 10.2. The van der Waals surface area contributed by atoms with Crippen LogP contribution in [0.1, 0.15) is 12.0 Å². The summed E-state index contributed by atoms with van der Waals surface area (Å²) in [5.74, 6) is 0. The molecule has 6 heteroatoms. The third-order valence-corrected chi connectivity index (χ3v) is 3.53. The van der Waals surface area contributed by atoms with E-state index in [-0.39, 0.29) is 6.03 Å². The van der Waals surface area contributed by atoms with Gasteiger partial charge < -0.3 is 10.2 Å². The molecule has 0 aromatic heterocycles. The summed E-state index contributed by atoms with van der Waals surface area (Å²) in [5, 5.41) is 5.93.